The van der Waals surface area contributed by atoms with E-state index in [1.807, 2.05) is 31.1 Å². The Morgan fingerprint density at radius 2 is 1.82 bits per heavy atom. The van der Waals surface area contributed by atoms with Gasteiger partial charge < -0.3 is 15.3 Å². The number of H-pyrrole nitrogens is 1. The molecule has 3 aromatic rings. The number of benzene rings is 2. The number of carbonyl (C=O) groups is 1. The molecule has 0 radical (unpaired) electrons. The molecule has 0 spiro atoms. The normalized spacial score (nSPS) is 19.7. The molecular formula is C28H33F2N5O4S. The third-order valence-corrected chi connectivity index (χ3v) is 9.49. The molecule has 0 unspecified atom stereocenters. The maximum absolute atomic E-state index is 13.8. The number of fused-ring (bicyclic) bond motifs is 1. The zero-order chi connectivity index (χ0) is 28.6. The average Bonchev–Trinajstić information content (AvgIpc) is 3.31. The van der Waals surface area contributed by atoms with Gasteiger partial charge in [-0.2, -0.15) is 9.40 Å². The number of anilines is 2. The number of aromatic nitrogens is 2. The van der Waals surface area contributed by atoms with Gasteiger partial charge in [0.1, 0.15) is 11.6 Å². The number of Topliss-reactive ketones (excluding diaryl/α,β-unsaturated/α-hetero) is 1. The van der Waals surface area contributed by atoms with Crippen LogP contribution >= 0.6 is 0 Å². The zero-order valence-electron chi connectivity index (χ0n) is 22.5. The first-order valence-corrected chi connectivity index (χ1v) is 14.8. The summed E-state index contributed by atoms with van der Waals surface area (Å²) >= 11 is 0. The summed E-state index contributed by atoms with van der Waals surface area (Å²) in [6.07, 6.45) is 2.99. The second-order valence-electron chi connectivity index (χ2n) is 10.7. The second-order valence-corrected chi connectivity index (χ2v) is 12.6. The fourth-order valence-electron chi connectivity index (χ4n) is 5.37. The first-order chi connectivity index (χ1) is 19.0. The van der Waals surface area contributed by atoms with Crippen molar-refractivity contribution in [1.82, 2.24) is 14.5 Å². The van der Waals surface area contributed by atoms with Crippen molar-refractivity contribution in [1.29, 1.82) is 0 Å². The van der Waals surface area contributed by atoms with E-state index in [1.165, 1.54) is 0 Å². The Morgan fingerprint density at radius 1 is 1.12 bits per heavy atom. The second kappa shape index (κ2) is 11.3. The highest BCUT2D eigenvalue weighted by atomic mass is 32.2. The van der Waals surface area contributed by atoms with E-state index in [1.54, 1.807) is 6.07 Å². The lowest BCUT2D eigenvalue weighted by atomic mass is 9.92. The van der Waals surface area contributed by atoms with Gasteiger partial charge in [0, 0.05) is 73.9 Å². The molecule has 40 heavy (non-hydrogen) atoms. The quantitative estimate of drug-likeness (QED) is 0.352. The molecule has 0 atom stereocenters. The molecule has 2 heterocycles. The molecule has 9 nitrogen and oxygen atoms in total. The van der Waals surface area contributed by atoms with Crippen LogP contribution in [0, 0.1) is 11.6 Å². The summed E-state index contributed by atoms with van der Waals surface area (Å²) < 4.78 is 55.0. The minimum Gasteiger partial charge on any atom is -0.393 e. The number of aromatic amines is 1. The number of halogens is 2. The smallest absolute Gasteiger partial charge is 0.243 e. The van der Waals surface area contributed by atoms with Crippen LogP contribution in [0.5, 0.6) is 0 Å². The molecular weight excluding hydrogens is 540 g/mol. The van der Waals surface area contributed by atoms with Crippen molar-refractivity contribution in [2.45, 2.75) is 62.1 Å². The summed E-state index contributed by atoms with van der Waals surface area (Å²) in [4.78, 5) is 15.1. The number of hydrogen-bond donors (Lipinski definition) is 3. The summed E-state index contributed by atoms with van der Waals surface area (Å²) in [5.41, 5.74) is 3.92. The summed E-state index contributed by atoms with van der Waals surface area (Å²) in [7, 11) is -0.326. The Bertz CT molecular complexity index is 1500. The van der Waals surface area contributed by atoms with Crippen LogP contribution in [0.15, 0.2) is 41.3 Å². The number of rotatable bonds is 8. The number of nitrogens with one attached hydrogen (secondary N) is 2. The molecule has 2 aliphatic rings. The number of carbonyl (C=O) groups excluding carboxylic acids is 1. The predicted molar refractivity (Wildman–Crippen MR) is 147 cm³/mol. The highest BCUT2D eigenvalue weighted by molar-refractivity contribution is 7.89. The van der Waals surface area contributed by atoms with Crippen LogP contribution in [0.25, 0.3) is 0 Å². The molecule has 1 saturated carbocycles. The topological polar surface area (TPSA) is 119 Å². The first-order valence-electron chi connectivity index (χ1n) is 13.3. The molecule has 12 heteroatoms. The summed E-state index contributed by atoms with van der Waals surface area (Å²) in [5.74, 6) is -2.12. The van der Waals surface area contributed by atoms with Crippen molar-refractivity contribution in [3.8, 4) is 0 Å². The van der Waals surface area contributed by atoms with E-state index < -0.39 is 26.6 Å². The molecule has 0 saturated heterocycles. The number of aliphatic hydroxyl groups excluding tert-OH is 1. The van der Waals surface area contributed by atoms with Crippen LogP contribution in [0.1, 0.15) is 53.0 Å². The molecule has 1 fully saturated rings. The van der Waals surface area contributed by atoms with Gasteiger partial charge in [0.25, 0.3) is 0 Å². The Hall–Kier alpha value is -3.35. The van der Waals surface area contributed by atoms with E-state index in [-0.39, 0.29) is 37.4 Å². The number of hydrogen-bond acceptors (Lipinski definition) is 7. The molecule has 1 aliphatic heterocycles. The molecule has 1 aliphatic carbocycles. The maximum Gasteiger partial charge on any atom is 0.243 e. The van der Waals surface area contributed by atoms with Crippen LogP contribution in [0.4, 0.5) is 20.2 Å². The van der Waals surface area contributed by atoms with Gasteiger partial charge >= 0.3 is 0 Å². The summed E-state index contributed by atoms with van der Waals surface area (Å²) in [6.45, 7) is 0.0448. The Balaban J connectivity index is 1.38. The highest BCUT2D eigenvalue weighted by Gasteiger charge is 2.32. The summed E-state index contributed by atoms with van der Waals surface area (Å²) in [6, 6.07) is 7.95. The third kappa shape index (κ3) is 5.89. The lowest BCUT2D eigenvalue weighted by Gasteiger charge is -2.28. The Kier molecular flexibility index (Phi) is 7.94. The van der Waals surface area contributed by atoms with E-state index in [4.69, 9.17) is 0 Å². The first kappa shape index (κ1) is 28.2. The van der Waals surface area contributed by atoms with Gasteiger partial charge in [-0.25, -0.2) is 17.2 Å². The van der Waals surface area contributed by atoms with E-state index >= 15 is 0 Å². The zero-order valence-corrected chi connectivity index (χ0v) is 23.3. The molecule has 5 rings (SSSR count). The Morgan fingerprint density at radius 3 is 2.50 bits per heavy atom. The lowest BCUT2D eigenvalue weighted by molar-refractivity contribution is 0.0991. The van der Waals surface area contributed by atoms with Crippen molar-refractivity contribution < 1.29 is 27.1 Å². The SMILES string of the molecule is CN(C)c1ccc(C(=O)Cc2n[nH]c3c2CN(S(=O)(=O)c2cc(F)cc(F)c2)CC3)c(NC2CCC(O)CC2)c1. The van der Waals surface area contributed by atoms with Crippen molar-refractivity contribution >= 4 is 27.2 Å². The number of aliphatic hydroxyl groups is 1. The fraction of sp³-hybridized carbons (Fsp3) is 0.429. The van der Waals surface area contributed by atoms with Gasteiger partial charge in [-0.3, -0.25) is 9.89 Å². The van der Waals surface area contributed by atoms with E-state index in [9.17, 15) is 27.1 Å². The van der Waals surface area contributed by atoms with Gasteiger partial charge in [0.05, 0.1) is 23.1 Å². The van der Waals surface area contributed by atoms with Crippen molar-refractivity contribution in [3.05, 3.63) is 70.5 Å². The van der Waals surface area contributed by atoms with Crippen molar-refractivity contribution in [3.63, 3.8) is 0 Å². The summed E-state index contributed by atoms with van der Waals surface area (Å²) in [5, 5.41) is 20.7. The maximum atomic E-state index is 13.8. The predicted octanol–water partition coefficient (Wildman–Crippen LogP) is 3.64. The molecule has 0 amide bonds. The van der Waals surface area contributed by atoms with Gasteiger partial charge in [-0.1, -0.05) is 0 Å². The molecule has 214 valence electrons. The third-order valence-electron chi connectivity index (χ3n) is 7.66. The average molecular weight is 574 g/mol. The van der Waals surface area contributed by atoms with Crippen molar-refractivity contribution in [2.24, 2.45) is 0 Å². The van der Waals surface area contributed by atoms with Crippen LogP contribution < -0.4 is 10.2 Å². The van der Waals surface area contributed by atoms with Crippen LogP contribution in [0.3, 0.4) is 0 Å². The Labute approximate surface area is 232 Å². The minimum absolute atomic E-state index is 0.0479. The lowest BCUT2D eigenvalue weighted by Crippen LogP contribution is -2.36. The fourth-order valence-corrected chi connectivity index (χ4v) is 6.82. The molecule has 0 bridgehead atoms. The monoisotopic (exact) mass is 573 g/mol. The number of nitrogens with zero attached hydrogens (tertiary/aromatic N) is 3. The largest absolute Gasteiger partial charge is 0.393 e. The van der Waals surface area contributed by atoms with Crippen LogP contribution in [-0.4, -0.2) is 66.6 Å². The van der Waals surface area contributed by atoms with Crippen LogP contribution in [-0.2, 0) is 29.4 Å². The van der Waals surface area contributed by atoms with Crippen LogP contribution in [0.2, 0.25) is 0 Å². The molecule has 2 aromatic carbocycles. The van der Waals surface area contributed by atoms with Gasteiger partial charge in [-0.05, 0) is 56.0 Å². The molecule has 3 N–H and O–H groups in total. The standard InChI is InChI=1S/C28H33F2N5O4S/c1-34(2)20-5-8-23(26(14-20)31-19-3-6-21(36)7-4-19)28(37)15-27-24-16-35(10-9-25(24)32-33-27)40(38,39)22-12-17(29)11-18(30)13-22/h5,8,11-14,19,21,31,36H,3-4,6-7,9-10,15-16H2,1-2H3,(H,32,33). The van der Waals surface area contributed by atoms with Gasteiger partial charge in [-0.15, -0.1) is 0 Å². The number of ketones is 1. The number of sulfonamides is 1. The van der Waals surface area contributed by atoms with Crippen molar-refractivity contribution in [2.75, 3.05) is 30.9 Å². The highest BCUT2D eigenvalue weighted by Crippen LogP contribution is 2.31. The van der Waals surface area contributed by atoms with E-state index in [0.717, 1.165) is 40.7 Å². The van der Waals surface area contributed by atoms with E-state index in [0.29, 0.717) is 47.8 Å². The molecule has 1 aromatic heterocycles. The van der Waals surface area contributed by atoms with Gasteiger partial charge in [0.2, 0.25) is 10.0 Å². The van der Waals surface area contributed by atoms with E-state index in [2.05, 4.69) is 15.5 Å². The van der Waals surface area contributed by atoms with Gasteiger partial charge in [0.15, 0.2) is 5.78 Å². The minimum atomic E-state index is -4.17.